The number of carbonyl (C=O) groups is 1. The predicted molar refractivity (Wildman–Crippen MR) is 41.4 cm³/mol. The quantitative estimate of drug-likeness (QED) is 0.432. The molecule has 0 aromatic heterocycles. The molecule has 0 saturated carbocycles. The van der Waals surface area contributed by atoms with Crippen LogP contribution in [0.2, 0.25) is 0 Å². The van der Waals surface area contributed by atoms with Crippen molar-refractivity contribution in [1.29, 1.82) is 0 Å². The van der Waals surface area contributed by atoms with E-state index in [-0.39, 0.29) is 5.97 Å². The summed E-state index contributed by atoms with van der Waals surface area (Å²) in [7, 11) is 1.86. The van der Waals surface area contributed by atoms with Crippen molar-refractivity contribution in [2.24, 2.45) is 0 Å². The van der Waals surface area contributed by atoms with Gasteiger partial charge in [0.25, 0.3) is 0 Å². The van der Waals surface area contributed by atoms with Crippen LogP contribution in [0, 0.1) is 0 Å². The van der Waals surface area contributed by atoms with Crippen LogP contribution in [0.15, 0.2) is 0 Å². The van der Waals surface area contributed by atoms with Crippen LogP contribution in [0.25, 0.3) is 0 Å². The SMILES string of the molecule is CNCCOCCOC(C)=O. The van der Waals surface area contributed by atoms with Gasteiger partial charge in [0, 0.05) is 13.5 Å². The summed E-state index contributed by atoms with van der Waals surface area (Å²) in [4.78, 5) is 10.2. The molecule has 0 atom stereocenters. The van der Waals surface area contributed by atoms with Gasteiger partial charge in [-0.25, -0.2) is 0 Å². The maximum Gasteiger partial charge on any atom is 0.302 e. The Balaban J connectivity index is 2.85. The molecule has 0 spiro atoms. The summed E-state index contributed by atoms with van der Waals surface area (Å²) in [6, 6.07) is 0. The minimum atomic E-state index is -0.262. The van der Waals surface area contributed by atoms with Gasteiger partial charge in [0.05, 0.1) is 13.2 Å². The highest BCUT2D eigenvalue weighted by atomic mass is 16.6. The summed E-state index contributed by atoms with van der Waals surface area (Å²) >= 11 is 0. The van der Waals surface area contributed by atoms with E-state index in [1.165, 1.54) is 6.92 Å². The Hall–Kier alpha value is -0.610. The average Bonchev–Trinajstić information content (AvgIpc) is 1.96. The van der Waals surface area contributed by atoms with E-state index in [0.29, 0.717) is 19.8 Å². The molecule has 0 bridgehead atoms. The number of likely N-dealkylation sites (N-methyl/N-ethyl adjacent to an activating group) is 1. The van der Waals surface area contributed by atoms with Gasteiger partial charge in [-0.05, 0) is 7.05 Å². The fourth-order valence-corrected chi connectivity index (χ4v) is 0.521. The minimum absolute atomic E-state index is 0.262. The van der Waals surface area contributed by atoms with Gasteiger partial charge < -0.3 is 14.8 Å². The lowest BCUT2D eigenvalue weighted by Crippen LogP contribution is -2.16. The topological polar surface area (TPSA) is 47.6 Å². The molecule has 1 N–H and O–H groups in total. The van der Waals surface area contributed by atoms with E-state index in [2.05, 4.69) is 10.1 Å². The fraction of sp³-hybridized carbons (Fsp3) is 0.857. The fourth-order valence-electron chi connectivity index (χ4n) is 0.521. The molecule has 0 unspecified atom stereocenters. The molecule has 0 aliphatic heterocycles. The van der Waals surface area contributed by atoms with Gasteiger partial charge in [-0.3, -0.25) is 4.79 Å². The molecule has 0 fully saturated rings. The molecule has 0 amide bonds. The van der Waals surface area contributed by atoms with E-state index in [1.807, 2.05) is 7.05 Å². The zero-order chi connectivity index (χ0) is 8.53. The summed E-state index contributed by atoms with van der Waals surface area (Å²) in [6.07, 6.45) is 0. The largest absolute Gasteiger partial charge is 0.463 e. The number of ether oxygens (including phenoxy) is 2. The molecule has 0 aliphatic rings. The number of esters is 1. The molecular formula is C7H15NO3. The Kier molecular flexibility index (Phi) is 7.08. The third-order valence-electron chi connectivity index (χ3n) is 1.03. The van der Waals surface area contributed by atoms with Crippen molar-refractivity contribution in [2.75, 3.05) is 33.4 Å². The molecule has 4 nitrogen and oxygen atoms in total. The van der Waals surface area contributed by atoms with Crippen LogP contribution in [0.1, 0.15) is 6.92 Å². The Morgan fingerprint density at radius 3 is 2.64 bits per heavy atom. The van der Waals surface area contributed by atoms with E-state index in [9.17, 15) is 4.79 Å². The molecule has 11 heavy (non-hydrogen) atoms. The van der Waals surface area contributed by atoms with E-state index in [0.717, 1.165) is 6.54 Å². The highest BCUT2D eigenvalue weighted by Crippen LogP contribution is 1.78. The maximum atomic E-state index is 10.2. The van der Waals surface area contributed by atoms with Crippen LogP contribution in [-0.4, -0.2) is 39.4 Å². The van der Waals surface area contributed by atoms with E-state index >= 15 is 0 Å². The number of nitrogens with one attached hydrogen (secondary N) is 1. The monoisotopic (exact) mass is 161 g/mol. The van der Waals surface area contributed by atoms with Gasteiger partial charge in [-0.15, -0.1) is 0 Å². The van der Waals surface area contributed by atoms with Crippen LogP contribution in [0.4, 0.5) is 0 Å². The third kappa shape index (κ3) is 9.39. The van der Waals surface area contributed by atoms with Gasteiger partial charge in [-0.1, -0.05) is 0 Å². The van der Waals surface area contributed by atoms with E-state index < -0.39 is 0 Å². The van der Waals surface area contributed by atoms with Crippen molar-refractivity contribution < 1.29 is 14.3 Å². The predicted octanol–water partition coefficient (Wildman–Crippen LogP) is -0.215. The summed E-state index contributed by atoms with van der Waals surface area (Å²) < 4.78 is 9.72. The lowest BCUT2D eigenvalue weighted by atomic mass is 10.7. The molecule has 0 aromatic rings. The summed E-state index contributed by atoms with van der Waals surface area (Å²) in [5.74, 6) is -0.262. The first-order chi connectivity index (χ1) is 5.27. The number of rotatable bonds is 6. The van der Waals surface area contributed by atoms with Gasteiger partial charge >= 0.3 is 5.97 Å². The zero-order valence-electron chi connectivity index (χ0n) is 7.05. The Morgan fingerprint density at radius 2 is 2.09 bits per heavy atom. The third-order valence-corrected chi connectivity index (χ3v) is 1.03. The number of carbonyl (C=O) groups excluding carboxylic acids is 1. The van der Waals surface area contributed by atoms with Crippen molar-refractivity contribution in [3.05, 3.63) is 0 Å². The highest BCUT2D eigenvalue weighted by Gasteiger charge is 1.91. The molecule has 0 aromatic carbocycles. The second-order valence-corrected chi connectivity index (χ2v) is 2.06. The molecule has 0 aliphatic carbocycles. The number of hydrogen-bond donors (Lipinski definition) is 1. The van der Waals surface area contributed by atoms with Gasteiger partial charge in [0.1, 0.15) is 6.61 Å². The Bertz CT molecular complexity index is 106. The summed E-state index contributed by atoms with van der Waals surface area (Å²) in [5, 5.41) is 2.93. The summed E-state index contributed by atoms with van der Waals surface area (Å²) in [5.41, 5.74) is 0. The molecule has 0 saturated heterocycles. The molecule has 0 radical (unpaired) electrons. The van der Waals surface area contributed by atoms with E-state index in [4.69, 9.17) is 4.74 Å². The first kappa shape index (κ1) is 10.4. The second-order valence-electron chi connectivity index (χ2n) is 2.06. The molecule has 0 rings (SSSR count). The lowest BCUT2D eigenvalue weighted by Gasteiger charge is -2.03. The Morgan fingerprint density at radius 1 is 1.36 bits per heavy atom. The van der Waals surface area contributed by atoms with Crippen molar-refractivity contribution in [2.45, 2.75) is 6.92 Å². The van der Waals surface area contributed by atoms with Crippen molar-refractivity contribution in [3.63, 3.8) is 0 Å². The van der Waals surface area contributed by atoms with Crippen LogP contribution in [0.3, 0.4) is 0 Å². The van der Waals surface area contributed by atoms with Crippen molar-refractivity contribution >= 4 is 5.97 Å². The maximum absolute atomic E-state index is 10.2. The molecular weight excluding hydrogens is 146 g/mol. The van der Waals surface area contributed by atoms with Crippen molar-refractivity contribution in [1.82, 2.24) is 5.32 Å². The average molecular weight is 161 g/mol. The Labute approximate surface area is 66.9 Å². The van der Waals surface area contributed by atoms with Gasteiger partial charge in [-0.2, -0.15) is 0 Å². The molecule has 0 heterocycles. The number of hydrogen-bond acceptors (Lipinski definition) is 4. The highest BCUT2D eigenvalue weighted by molar-refractivity contribution is 5.65. The van der Waals surface area contributed by atoms with Gasteiger partial charge in [0.2, 0.25) is 0 Å². The van der Waals surface area contributed by atoms with Crippen LogP contribution >= 0.6 is 0 Å². The normalized spacial score (nSPS) is 9.64. The van der Waals surface area contributed by atoms with E-state index in [1.54, 1.807) is 0 Å². The van der Waals surface area contributed by atoms with Crippen LogP contribution in [-0.2, 0) is 14.3 Å². The van der Waals surface area contributed by atoms with Crippen LogP contribution in [0.5, 0.6) is 0 Å². The first-order valence-electron chi connectivity index (χ1n) is 3.63. The summed E-state index contributed by atoms with van der Waals surface area (Å²) in [6.45, 7) is 3.67. The second kappa shape index (κ2) is 7.50. The zero-order valence-corrected chi connectivity index (χ0v) is 7.05. The molecule has 4 heteroatoms. The van der Waals surface area contributed by atoms with Crippen molar-refractivity contribution in [3.8, 4) is 0 Å². The lowest BCUT2D eigenvalue weighted by molar-refractivity contribution is -0.142. The molecule has 66 valence electrons. The first-order valence-corrected chi connectivity index (χ1v) is 3.63. The van der Waals surface area contributed by atoms with Crippen LogP contribution < -0.4 is 5.32 Å². The smallest absolute Gasteiger partial charge is 0.302 e. The standard InChI is InChI=1S/C7H15NO3/c1-7(9)11-6-5-10-4-3-8-2/h8H,3-6H2,1-2H3. The van der Waals surface area contributed by atoms with Gasteiger partial charge in [0.15, 0.2) is 0 Å². The minimum Gasteiger partial charge on any atom is -0.463 e.